The van der Waals surface area contributed by atoms with Gasteiger partial charge < -0.3 is 15.7 Å². The molecule has 4 nitrogen and oxygen atoms in total. The quantitative estimate of drug-likeness (QED) is 0.696. The van der Waals surface area contributed by atoms with Crippen LogP contribution in [0.2, 0.25) is 5.02 Å². The molecule has 18 heavy (non-hydrogen) atoms. The Balaban J connectivity index is 2.24. The van der Waals surface area contributed by atoms with E-state index >= 15 is 0 Å². The number of carbonyl (C=O) groups excluding carboxylic acids is 1. The number of anilines is 1. The van der Waals surface area contributed by atoms with Crippen molar-refractivity contribution in [1.29, 1.82) is 0 Å². The topological polar surface area (TPSA) is 61.4 Å². The summed E-state index contributed by atoms with van der Waals surface area (Å²) in [5, 5.41) is 14.8. The van der Waals surface area contributed by atoms with Gasteiger partial charge in [-0.15, -0.1) is 0 Å². The second kappa shape index (κ2) is 7.95. The molecule has 0 saturated heterocycles. The minimum atomic E-state index is -0.264. The number of amides is 2. The minimum Gasteiger partial charge on any atom is -0.396 e. The van der Waals surface area contributed by atoms with E-state index in [1.807, 2.05) is 19.1 Å². The Labute approximate surface area is 112 Å². The first-order valence-electron chi connectivity index (χ1n) is 6.03. The zero-order valence-corrected chi connectivity index (χ0v) is 11.2. The van der Waals surface area contributed by atoms with Gasteiger partial charge in [-0.25, -0.2) is 4.79 Å². The molecule has 0 fully saturated rings. The van der Waals surface area contributed by atoms with Gasteiger partial charge in [0.15, 0.2) is 0 Å². The Hall–Kier alpha value is -1.26. The number of nitrogens with one attached hydrogen (secondary N) is 2. The molecule has 1 aromatic carbocycles. The van der Waals surface area contributed by atoms with Crippen molar-refractivity contribution in [2.24, 2.45) is 5.92 Å². The van der Waals surface area contributed by atoms with Gasteiger partial charge in [-0.3, -0.25) is 0 Å². The average Bonchev–Trinajstić information content (AvgIpc) is 2.37. The summed E-state index contributed by atoms with van der Waals surface area (Å²) in [6.45, 7) is 2.75. The van der Waals surface area contributed by atoms with Crippen LogP contribution in [0.15, 0.2) is 24.3 Å². The molecule has 1 rings (SSSR count). The molecular weight excluding hydrogens is 252 g/mol. The molecule has 0 aliphatic carbocycles. The van der Waals surface area contributed by atoms with Crippen LogP contribution in [-0.2, 0) is 0 Å². The lowest BCUT2D eigenvalue weighted by Crippen LogP contribution is -2.29. The van der Waals surface area contributed by atoms with Crippen LogP contribution in [0, 0.1) is 5.92 Å². The maximum Gasteiger partial charge on any atom is 0.319 e. The van der Waals surface area contributed by atoms with Crippen LogP contribution in [0.1, 0.15) is 19.8 Å². The number of aliphatic hydroxyl groups is 1. The molecule has 100 valence electrons. The molecule has 5 heteroatoms. The zero-order chi connectivity index (χ0) is 13.4. The van der Waals surface area contributed by atoms with Crippen LogP contribution in [0.4, 0.5) is 10.5 Å². The van der Waals surface area contributed by atoms with E-state index in [4.69, 9.17) is 16.7 Å². The molecule has 1 atom stereocenters. The van der Waals surface area contributed by atoms with Gasteiger partial charge >= 0.3 is 6.03 Å². The lowest BCUT2D eigenvalue weighted by atomic mass is 10.1. The van der Waals surface area contributed by atoms with E-state index in [2.05, 4.69) is 10.6 Å². The molecule has 3 N–H and O–H groups in total. The van der Waals surface area contributed by atoms with Crippen LogP contribution in [0.25, 0.3) is 0 Å². The van der Waals surface area contributed by atoms with Crippen molar-refractivity contribution in [2.75, 3.05) is 18.5 Å². The molecule has 0 bridgehead atoms. The van der Waals surface area contributed by atoms with Crippen molar-refractivity contribution >= 4 is 23.3 Å². The maximum atomic E-state index is 11.5. The van der Waals surface area contributed by atoms with Crippen molar-refractivity contribution in [1.82, 2.24) is 5.32 Å². The molecule has 0 aliphatic heterocycles. The first-order chi connectivity index (χ1) is 8.63. The highest BCUT2D eigenvalue weighted by Crippen LogP contribution is 2.19. The summed E-state index contributed by atoms with van der Waals surface area (Å²) in [6, 6.07) is 6.82. The van der Waals surface area contributed by atoms with Gasteiger partial charge in [0.05, 0.1) is 10.7 Å². The predicted octanol–water partition coefficient (Wildman–Crippen LogP) is 2.87. The maximum absolute atomic E-state index is 11.5. The molecule has 0 heterocycles. The number of benzene rings is 1. The molecule has 0 radical (unpaired) electrons. The smallest absolute Gasteiger partial charge is 0.319 e. The molecule has 0 aromatic heterocycles. The van der Waals surface area contributed by atoms with Crippen molar-refractivity contribution in [3.05, 3.63) is 29.3 Å². The lowest BCUT2D eigenvalue weighted by Gasteiger charge is -2.10. The minimum absolute atomic E-state index is 0.186. The SMILES string of the molecule is CC(CO)CCCNC(=O)Nc1ccccc1Cl. The van der Waals surface area contributed by atoms with Crippen LogP contribution in [0.5, 0.6) is 0 Å². The number of halogens is 1. The van der Waals surface area contributed by atoms with Crippen LogP contribution in [-0.4, -0.2) is 24.3 Å². The summed E-state index contributed by atoms with van der Waals surface area (Å²) < 4.78 is 0. The van der Waals surface area contributed by atoms with Crippen molar-refractivity contribution in [2.45, 2.75) is 19.8 Å². The number of hydrogen-bond acceptors (Lipinski definition) is 2. The molecule has 1 aromatic rings. The summed E-state index contributed by atoms with van der Waals surface area (Å²) in [5.74, 6) is 0.276. The van der Waals surface area contributed by atoms with Crippen molar-refractivity contribution in [3.63, 3.8) is 0 Å². The standard InChI is InChI=1S/C13H19ClN2O2/c1-10(9-17)5-4-8-15-13(18)16-12-7-3-2-6-11(12)14/h2-3,6-7,10,17H,4-5,8-9H2,1H3,(H2,15,16,18). The van der Waals surface area contributed by atoms with Gasteiger partial charge in [-0.05, 0) is 30.9 Å². The van der Waals surface area contributed by atoms with E-state index in [1.54, 1.807) is 12.1 Å². The van der Waals surface area contributed by atoms with Crippen LogP contribution in [0.3, 0.4) is 0 Å². The van der Waals surface area contributed by atoms with E-state index in [0.717, 1.165) is 12.8 Å². The predicted molar refractivity (Wildman–Crippen MR) is 74.0 cm³/mol. The van der Waals surface area contributed by atoms with Gasteiger partial charge in [-0.1, -0.05) is 30.7 Å². The molecule has 1 unspecified atom stereocenters. The molecular formula is C13H19ClN2O2. The number of urea groups is 1. The largest absolute Gasteiger partial charge is 0.396 e. The fourth-order valence-electron chi connectivity index (χ4n) is 1.47. The Kier molecular flexibility index (Phi) is 6.54. The van der Waals surface area contributed by atoms with Gasteiger partial charge in [-0.2, -0.15) is 0 Å². The fraction of sp³-hybridized carbons (Fsp3) is 0.462. The van der Waals surface area contributed by atoms with Crippen LogP contribution >= 0.6 is 11.6 Å². The Morgan fingerprint density at radius 3 is 2.83 bits per heavy atom. The summed E-state index contributed by atoms with van der Waals surface area (Å²) >= 11 is 5.92. The van der Waals surface area contributed by atoms with Gasteiger partial charge in [0.1, 0.15) is 0 Å². The normalized spacial score (nSPS) is 11.9. The van der Waals surface area contributed by atoms with E-state index in [1.165, 1.54) is 0 Å². The number of carbonyl (C=O) groups is 1. The lowest BCUT2D eigenvalue weighted by molar-refractivity contribution is 0.227. The molecule has 0 saturated carbocycles. The first kappa shape index (κ1) is 14.8. The Bertz CT molecular complexity index is 385. The van der Waals surface area contributed by atoms with Gasteiger partial charge in [0.2, 0.25) is 0 Å². The highest BCUT2D eigenvalue weighted by Gasteiger charge is 2.04. The Morgan fingerprint density at radius 2 is 2.17 bits per heavy atom. The highest BCUT2D eigenvalue weighted by molar-refractivity contribution is 6.33. The Morgan fingerprint density at radius 1 is 1.44 bits per heavy atom. The third kappa shape index (κ3) is 5.38. The third-order valence-corrected chi connectivity index (χ3v) is 2.92. The summed E-state index contributed by atoms with van der Waals surface area (Å²) in [6.07, 6.45) is 1.74. The van der Waals surface area contributed by atoms with Crippen LogP contribution < -0.4 is 10.6 Å². The van der Waals surface area contributed by atoms with Crippen molar-refractivity contribution in [3.8, 4) is 0 Å². The zero-order valence-electron chi connectivity index (χ0n) is 10.4. The van der Waals surface area contributed by atoms with E-state index in [0.29, 0.717) is 17.3 Å². The third-order valence-electron chi connectivity index (χ3n) is 2.59. The average molecular weight is 271 g/mol. The van der Waals surface area contributed by atoms with E-state index in [9.17, 15) is 4.79 Å². The number of hydrogen-bond donors (Lipinski definition) is 3. The summed E-state index contributed by atoms with van der Waals surface area (Å²) in [5.41, 5.74) is 0.598. The summed E-state index contributed by atoms with van der Waals surface area (Å²) in [4.78, 5) is 11.5. The summed E-state index contributed by atoms with van der Waals surface area (Å²) in [7, 11) is 0. The number of rotatable bonds is 6. The molecule has 0 spiro atoms. The number of aliphatic hydroxyl groups excluding tert-OH is 1. The molecule has 2 amide bonds. The van der Waals surface area contributed by atoms with E-state index < -0.39 is 0 Å². The second-order valence-corrected chi connectivity index (χ2v) is 4.70. The molecule has 0 aliphatic rings. The highest BCUT2D eigenvalue weighted by atomic mass is 35.5. The van der Waals surface area contributed by atoms with E-state index in [-0.39, 0.29) is 18.6 Å². The second-order valence-electron chi connectivity index (χ2n) is 4.29. The first-order valence-corrected chi connectivity index (χ1v) is 6.41. The van der Waals surface area contributed by atoms with Gasteiger partial charge in [0, 0.05) is 13.2 Å². The van der Waals surface area contributed by atoms with Crippen molar-refractivity contribution < 1.29 is 9.90 Å². The number of para-hydroxylation sites is 1. The monoisotopic (exact) mass is 270 g/mol. The fourth-order valence-corrected chi connectivity index (χ4v) is 1.66. The van der Waals surface area contributed by atoms with Gasteiger partial charge in [0.25, 0.3) is 0 Å².